The number of thioether (sulfide) groups is 1. The molecule has 0 aromatic carbocycles. The van der Waals surface area contributed by atoms with Crippen molar-refractivity contribution in [1.82, 2.24) is 20.4 Å². The minimum atomic E-state index is -4.52. The topological polar surface area (TPSA) is 61.0 Å². The molecule has 1 aliphatic heterocycles. The minimum Gasteiger partial charge on any atom is -0.348 e. The lowest BCUT2D eigenvalue weighted by Gasteiger charge is -2.32. The van der Waals surface area contributed by atoms with E-state index in [1.807, 2.05) is 5.10 Å². The Hall–Kier alpha value is -1.22. The molecule has 2 heterocycles. The highest BCUT2D eigenvalue weighted by molar-refractivity contribution is 7.98. The van der Waals surface area contributed by atoms with Gasteiger partial charge in [0.05, 0.1) is 0 Å². The number of alkyl halides is 3. The minimum absolute atomic E-state index is 0.0101. The highest BCUT2D eigenvalue weighted by Gasteiger charge is 2.34. The fourth-order valence-corrected chi connectivity index (χ4v) is 2.80. The van der Waals surface area contributed by atoms with Crippen LogP contribution in [0.2, 0.25) is 0 Å². The van der Waals surface area contributed by atoms with Crippen molar-refractivity contribution in [3.63, 3.8) is 0 Å². The summed E-state index contributed by atoms with van der Waals surface area (Å²) in [6.45, 7) is 2.80. The van der Waals surface area contributed by atoms with Gasteiger partial charge in [0.25, 0.3) is 5.91 Å². The summed E-state index contributed by atoms with van der Waals surface area (Å²) in [4.78, 5) is 14.3. The third-order valence-corrected chi connectivity index (χ3v) is 4.24. The standard InChI is InChI=1S/C13H19F3N4OS/c1-22-7-6-20-4-2-9(3-5-20)17-12(21)10-8-11(19-18-10)13(14,15)16/h8-9H,2-7H2,1H3,(H,17,21)(H,18,19). The largest absolute Gasteiger partial charge is 0.432 e. The van der Waals surface area contributed by atoms with Gasteiger partial charge in [0.1, 0.15) is 5.69 Å². The molecule has 0 atom stereocenters. The molecule has 1 fully saturated rings. The fraction of sp³-hybridized carbons (Fsp3) is 0.692. The van der Waals surface area contributed by atoms with Gasteiger partial charge in [0, 0.05) is 37.5 Å². The molecule has 1 saturated heterocycles. The van der Waals surface area contributed by atoms with Gasteiger partial charge in [0.15, 0.2) is 5.69 Å². The van der Waals surface area contributed by atoms with E-state index in [1.54, 1.807) is 11.8 Å². The summed E-state index contributed by atoms with van der Waals surface area (Å²) in [6, 6.07) is 0.729. The Morgan fingerprint density at radius 3 is 2.73 bits per heavy atom. The number of nitrogens with zero attached hydrogens (tertiary/aromatic N) is 2. The number of likely N-dealkylation sites (tertiary alicyclic amines) is 1. The second-order valence-electron chi connectivity index (χ2n) is 5.25. The second-order valence-corrected chi connectivity index (χ2v) is 6.23. The molecule has 9 heteroatoms. The summed E-state index contributed by atoms with van der Waals surface area (Å²) in [7, 11) is 0. The molecule has 124 valence electrons. The lowest BCUT2D eigenvalue weighted by molar-refractivity contribution is -0.141. The zero-order valence-corrected chi connectivity index (χ0v) is 13.1. The average molecular weight is 336 g/mol. The maximum atomic E-state index is 12.5. The number of carbonyl (C=O) groups excluding carboxylic acids is 1. The molecule has 1 aromatic heterocycles. The van der Waals surface area contributed by atoms with Gasteiger partial charge < -0.3 is 10.2 Å². The first-order valence-corrected chi connectivity index (χ1v) is 8.44. The van der Waals surface area contributed by atoms with E-state index in [1.165, 1.54) is 0 Å². The van der Waals surface area contributed by atoms with E-state index in [0.29, 0.717) is 0 Å². The van der Waals surface area contributed by atoms with Gasteiger partial charge in [-0.1, -0.05) is 0 Å². The number of nitrogens with one attached hydrogen (secondary N) is 2. The predicted octanol–water partition coefficient (Wildman–Crippen LogP) is 1.99. The van der Waals surface area contributed by atoms with E-state index in [4.69, 9.17) is 0 Å². The van der Waals surface area contributed by atoms with Crippen molar-refractivity contribution in [1.29, 1.82) is 0 Å². The first kappa shape index (κ1) is 17.1. The van der Waals surface area contributed by atoms with E-state index < -0.39 is 17.8 Å². The van der Waals surface area contributed by atoms with Crippen LogP contribution in [0.4, 0.5) is 13.2 Å². The molecule has 1 aromatic rings. The van der Waals surface area contributed by atoms with Crippen molar-refractivity contribution in [2.75, 3.05) is 31.6 Å². The van der Waals surface area contributed by atoms with Gasteiger partial charge in [-0.2, -0.15) is 30.0 Å². The van der Waals surface area contributed by atoms with Gasteiger partial charge in [-0.25, -0.2) is 0 Å². The third-order valence-electron chi connectivity index (χ3n) is 3.65. The molecule has 1 amide bonds. The van der Waals surface area contributed by atoms with Gasteiger partial charge >= 0.3 is 6.18 Å². The number of piperidine rings is 1. The summed E-state index contributed by atoms with van der Waals surface area (Å²) in [6.07, 6.45) is -0.854. The van der Waals surface area contributed by atoms with E-state index in [-0.39, 0.29) is 11.7 Å². The first-order chi connectivity index (χ1) is 10.4. The van der Waals surface area contributed by atoms with Crippen LogP contribution in [-0.4, -0.2) is 58.7 Å². The van der Waals surface area contributed by atoms with Crippen LogP contribution in [0.3, 0.4) is 0 Å². The molecule has 2 N–H and O–H groups in total. The smallest absolute Gasteiger partial charge is 0.348 e. The number of hydrogen-bond acceptors (Lipinski definition) is 4. The van der Waals surface area contributed by atoms with Gasteiger partial charge in [-0.15, -0.1) is 0 Å². The van der Waals surface area contributed by atoms with Crippen LogP contribution in [-0.2, 0) is 6.18 Å². The van der Waals surface area contributed by atoms with Crippen LogP contribution in [0.1, 0.15) is 29.0 Å². The van der Waals surface area contributed by atoms with Crippen LogP contribution in [0, 0.1) is 0 Å². The number of amides is 1. The zero-order valence-electron chi connectivity index (χ0n) is 12.2. The van der Waals surface area contributed by atoms with E-state index in [0.717, 1.165) is 44.3 Å². The molecule has 0 bridgehead atoms. The van der Waals surface area contributed by atoms with Crippen LogP contribution in [0.5, 0.6) is 0 Å². The maximum Gasteiger partial charge on any atom is 0.432 e. The van der Waals surface area contributed by atoms with Crippen LogP contribution < -0.4 is 5.32 Å². The predicted molar refractivity (Wildman–Crippen MR) is 78.9 cm³/mol. The number of aromatic nitrogens is 2. The van der Waals surface area contributed by atoms with E-state index >= 15 is 0 Å². The fourth-order valence-electron chi connectivity index (χ4n) is 2.36. The van der Waals surface area contributed by atoms with Crippen LogP contribution in [0.25, 0.3) is 0 Å². The van der Waals surface area contributed by atoms with E-state index in [9.17, 15) is 18.0 Å². The number of halogens is 3. The van der Waals surface area contributed by atoms with Crippen LogP contribution >= 0.6 is 11.8 Å². The SMILES string of the molecule is CSCCN1CCC(NC(=O)c2cc(C(F)(F)F)[nH]n2)CC1. The molecule has 0 aliphatic carbocycles. The summed E-state index contributed by atoms with van der Waals surface area (Å²) in [5.41, 5.74) is -1.23. The highest BCUT2D eigenvalue weighted by Crippen LogP contribution is 2.27. The maximum absolute atomic E-state index is 12.5. The third kappa shape index (κ3) is 4.64. The Balaban J connectivity index is 1.82. The van der Waals surface area contributed by atoms with Crippen LogP contribution in [0.15, 0.2) is 6.07 Å². The average Bonchev–Trinajstić information content (AvgIpc) is 2.96. The molecule has 1 aliphatic rings. The lowest BCUT2D eigenvalue weighted by Crippen LogP contribution is -2.45. The van der Waals surface area contributed by atoms with Crippen molar-refractivity contribution in [3.05, 3.63) is 17.5 Å². The molecular formula is C13H19F3N4OS. The van der Waals surface area contributed by atoms with Crippen molar-refractivity contribution >= 4 is 17.7 Å². The summed E-state index contributed by atoms with van der Waals surface area (Å²) in [5.74, 6) is 0.513. The molecule has 0 unspecified atom stereocenters. The lowest BCUT2D eigenvalue weighted by atomic mass is 10.0. The Morgan fingerprint density at radius 1 is 1.50 bits per heavy atom. The Labute approximate surface area is 131 Å². The molecular weight excluding hydrogens is 317 g/mol. The molecule has 0 radical (unpaired) electrons. The summed E-state index contributed by atoms with van der Waals surface area (Å²) < 4.78 is 37.4. The second kappa shape index (κ2) is 7.36. The zero-order chi connectivity index (χ0) is 16.2. The highest BCUT2D eigenvalue weighted by atomic mass is 32.2. The normalized spacial score (nSPS) is 17.6. The monoisotopic (exact) mass is 336 g/mol. The van der Waals surface area contributed by atoms with E-state index in [2.05, 4.69) is 21.6 Å². The summed E-state index contributed by atoms with van der Waals surface area (Å²) in [5, 5.41) is 8.04. The van der Waals surface area contributed by atoms with Crippen molar-refractivity contribution in [3.8, 4) is 0 Å². The number of hydrogen-bond donors (Lipinski definition) is 2. The van der Waals surface area contributed by atoms with Gasteiger partial charge in [0.2, 0.25) is 0 Å². The molecule has 0 saturated carbocycles. The molecule has 0 spiro atoms. The Kier molecular flexibility index (Phi) is 5.74. The van der Waals surface area contributed by atoms with Gasteiger partial charge in [-0.3, -0.25) is 9.89 Å². The molecule has 2 rings (SSSR count). The molecule has 5 nitrogen and oxygen atoms in total. The van der Waals surface area contributed by atoms with Crippen molar-refractivity contribution in [2.45, 2.75) is 25.1 Å². The first-order valence-electron chi connectivity index (χ1n) is 7.05. The number of carbonyl (C=O) groups is 1. The number of H-pyrrole nitrogens is 1. The quantitative estimate of drug-likeness (QED) is 0.863. The Bertz CT molecular complexity index is 498. The number of aromatic amines is 1. The van der Waals surface area contributed by atoms with Crippen molar-refractivity contribution in [2.24, 2.45) is 0 Å². The Morgan fingerprint density at radius 2 is 2.18 bits per heavy atom. The number of rotatable bonds is 5. The van der Waals surface area contributed by atoms with Crippen molar-refractivity contribution < 1.29 is 18.0 Å². The molecule has 22 heavy (non-hydrogen) atoms. The van der Waals surface area contributed by atoms with Gasteiger partial charge in [-0.05, 0) is 19.1 Å². The summed E-state index contributed by atoms with van der Waals surface area (Å²) >= 11 is 1.79.